The molecule has 0 aromatic heterocycles. The monoisotopic (exact) mass is 252 g/mol. The van der Waals surface area contributed by atoms with Crippen molar-refractivity contribution >= 4 is 5.97 Å². The van der Waals surface area contributed by atoms with E-state index >= 15 is 0 Å². The molecule has 0 unspecified atom stereocenters. The van der Waals surface area contributed by atoms with Crippen LogP contribution in [0, 0.1) is 6.92 Å². The highest BCUT2D eigenvalue weighted by Gasteiger charge is 2.21. The lowest BCUT2D eigenvalue weighted by Crippen LogP contribution is -2.20. The first kappa shape index (κ1) is 14.7. The van der Waals surface area contributed by atoms with Gasteiger partial charge in [-0.05, 0) is 12.5 Å². The smallest absolute Gasteiger partial charge is 0.315 e. The summed E-state index contributed by atoms with van der Waals surface area (Å²) in [5, 5.41) is 0. The van der Waals surface area contributed by atoms with Gasteiger partial charge in [0.2, 0.25) is 0 Å². The van der Waals surface area contributed by atoms with Crippen molar-refractivity contribution < 1.29 is 19.0 Å². The summed E-state index contributed by atoms with van der Waals surface area (Å²) in [7, 11) is 3.00. The van der Waals surface area contributed by atoms with Crippen LogP contribution in [-0.4, -0.2) is 40.0 Å². The van der Waals surface area contributed by atoms with Crippen LogP contribution in [0.15, 0.2) is 24.3 Å². The lowest BCUT2D eigenvalue weighted by molar-refractivity contribution is -0.144. The van der Waals surface area contributed by atoms with Gasteiger partial charge in [-0.1, -0.05) is 29.8 Å². The summed E-state index contributed by atoms with van der Waals surface area (Å²) in [5.41, 5.74) is 2.06. The molecule has 0 N–H and O–H groups in total. The largest absolute Gasteiger partial charge is 0.468 e. The van der Waals surface area contributed by atoms with Gasteiger partial charge in [-0.3, -0.25) is 4.79 Å². The maximum atomic E-state index is 11.7. The predicted molar refractivity (Wildman–Crippen MR) is 68.6 cm³/mol. The van der Waals surface area contributed by atoms with Crippen LogP contribution in [0.5, 0.6) is 0 Å². The molecule has 4 nitrogen and oxygen atoms in total. The van der Waals surface area contributed by atoms with Crippen molar-refractivity contribution in [2.45, 2.75) is 12.8 Å². The lowest BCUT2D eigenvalue weighted by atomic mass is 9.99. The molecule has 1 atom stereocenters. The van der Waals surface area contributed by atoms with Crippen molar-refractivity contribution in [3.05, 3.63) is 35.4 Å². The zero-order chi connectivity index (χ0) is 13.4. The van der Waals surface area contributed by atoms with Gasteiger partial charge in [0.05, 0.1) is 26.9 Å². The van der Waals surface area contributed by atoms with Gasteiger partial charge in [0.15, 0.2) is 0 Å². The van der Waals surface area contributed by atoms with Gasteiger partial charge in [-0.2, -0.15) is 0 Å². The molecule has 0 aliphatic rings. The number of hydrogen-bond donors (Lipinski definition) is 0. The third-order valence-corrected chi connectivity index (χ3v) is 2.68. The minimum absolute atomic E-state index is 0.281. The van der Waals surface area contributed by atoms with Crippen LogP contribution in [0.4, 0.5) is 0 Å². The van der Waals surface area contributed by atoms with Crippen molar-refractivity contribution in [1.29, 1.82) is 0 Å². The topological polar surface area (TPSA) is 44.8 Å². The summed E-state index contributed by atoms with van der Waals surface area (Å²) in [6.07, 6.45) is 0. The Labute approximate surface area is 108 Å². The Balaban J connectivity index is 2.66. The van der Waals surface area contributed by atoms with Gasteiger partial charge in [0, 0.05) is 7.11 Å². The summed E-state index contributed by atoms with van der Waals surface area (Å²) < 4.78 is 15.1. The van der Waals surface area contributed by atoms with Crippen LogP contribution >= 0.6 is 0 Å². The first-order valence-corrected chi connectivity index (χ1v) is 5.90. The average molecular weight is 252 g/mol. The molecule has 1 rings (SSSR count). The number of carbonyl (C=O) groups excluding carboxylic acids is 1. The zero-order valence-corrected chi connectivity index (χ0v) is 11.1. The fourth-order valence-corrected chi connectivity index (χ4v) is 1.58. The maximum absolute atomic E-state index is 11.7. The molecule has 0 bridgehead atoms. The molecule has 0 radical (unpaired) electrons. The molecule has 0 heterocycles. The van der Waals surface area contributed by atoms with Crippen LogP contribution in [0.1, 0.15) is 17.0 Å². The second kappa shape index (κ2) is 7.84. The van der Waals surface area contributed by atoms with Crippen molar-refractivity contribution in [2.75, 3.05) is 34.0 Å². The number of hydrogen-bond acceptors (Lipinski definition) is 4. The van der Waals surface area contributed by atoms with Gasteiger partial charge in [-0.15, -0.1) is 0 Å². The van der Waals surface area contributed by atoms with E-state index in [2.05, 4.69) is 0 Å². The van der Waals surface area contributed by atoms with Gasteiger partial charge in [-0.25, -0.2) is 0 Å². The molecule has 1 aromatic carbocycles. The normalized spacial score (nSPS) is 12.2. The average Bonchev–Trinajstić information content (AvgIpc) is 2.39. The van der Waals surface area contributed by atoms with Crippen LogP contribution in [0.25, 0.3) is 0 Å². The van der Waals surface area contributed by atoms with E-state index in [9.17, 15) is 4.79 Å². The fraction of sp³-hybridized carbons (Fsp3) is 0.500. The van der Waals surface area contributed by atoms with Gasteiger partial charge in [0.1, 0.15) is 5.92 Å². The van der Waals surface area contributed by atoms with Crippen molar-refractivity contribution in [1.82, 2.24) is 0 Å². The second-order valence-electron chi connectivity index (χ2n) is 4.05. The Morgan fingerprint density at radius 3 is 2.39 bits per heavy atom. The van der Waals surface area contributed by atoms with Crippen molar-refractivity contribution in [3.8, 4) is 0 Å². The Bertz CT molecular complexity index is 359. The summed E-state index contributed by atoms with van der Waals surface area (Å²) in [6, 6.07) is 7.80. The van der Waals surface area contributed by atoms with Crippen LogP contribution < -0.4 is 0 Å². The van der Waals surface area contributed by atoms with E-state index in [0.29, 0.717) is 19.8 Å². The van der Waals surface area contributed by atoms with E-state index in [1.165, 1.54) is 7.11 Å². The summed E-state index contributed by atoms with van der Waals surface area (Å²) in [5.74, 6) is -0.663. The maximum Gasteiger partial charge on any atom is 0.315 e. The van der Waals surface area contributed by atoms with Crippen molar-refractivity contribution in [3.63, 3.8) is 0 Å². The molecule has 0 fully saturated rings. The fourth-order valence-electron chi connectivity index (χ4n) is 1.58. The molecule has 100 valence electrons. The number of esters is 1. The first-order chi connectivity index (χ1) is 8.69. The minimum atomic E-state index is -0.382. The molecule has 4 heteroatoms. The van der Waals surface area contributed by atoms with E-state index in [0.717, 1.165) is 11.1 Å². The van der Waals surface area contributed by atoms with E-state index < -0.39 is 0 Å². The highest BCUT2D eigenvalue weighted by atomic mass is 16.5. The molecule has 0 spiro atoms. The number of benzene rings is 1. The number of rotatable bonds is 7. The molecule has 0 saturated heterocycles. The van der Waals surface area contributed by atoms with Gasteiger partial charge < -0.3 is 14.2 Å². The number of methoxy groups -OCH3 is 2. The molecular weight excluding hydrogens is 232 g/mol. The summed E-state index contributed by atoms with van der Waals surface area (Å²) in [4.78, 5) is 11.7. The lowest BCUT2D eigenvalue weighted by Gasteiger charge is -2.15. The highest BCUT2D eigenvalue weighted by Crippen LogP contribution is 2.18. The van der Waals surface area contributed by atoms with E-state index in [1.807, 2.05) is 31.2 Å². The van der Waals surface area contributed by atoms with Crippen LogP contribution in [0.3, 0.4) is 0 Å². The Morgan fingerprint density at radius 2 is 1.83 bits per heavy atom. The van der Waals surface area contributed by atoms with Crippen LogP contribution in [0.2, 0.25) is 0 Å². The van der Waals surface area contributed by atoms with Gasteiger partial charge >= 0.3 is 5.97 Å². The Kier molecular flexibility index (Phi) is 6.39. The quantitative estimate of drug-likeness (QED) is 0.549. The van der Waals surface area contributed by atoms with Crippen molar-refractivity contribution in [2.24, 2.45) is 0 Å². The molecule has 0 amide bonds. The number of carbonyl (C=O) groups is 1. The van der Waals surface area contributed by atoms with E-state index in [-0.39, 0.29) is 11.9 Å². The first-order valence-electron chi connectivity index (χ1n) is 5.90. The molecule has 0 aliphatic carbocycles. The standard InChI is InChI=1S/C14H20O4/c1-11-4-6-12(7-5-11)13(14(15)17-3)10-18-9-8-16-2/h4-7,13H,8-10H2,1-3H3/t13-/m1/s1. The van der Waals surface area contributed by atoms with Gasteiger partial charge in [0.25, 0.3) is 0 Å². The highest BCUT2D eigenvalue weighted by molar-refractivity contribution is 5.78. The van der Waals surface area contributed by atoms with E-state index in [4.69, 9.17) is 14.2 Å². The molecule has 0 aliphatic heterocycles. The Morgan fingerprint density at radius 1 is 1.17 bits per heavy atom. The van der Waals surface area contributed by atoms with E-state index in [1.54, 1.807) is 7.11 Å². The Hall–Kier alpha value is -1.39. The molecule has 1 aromatic rings. The zero-order valence-electron chi connectivity index (χ0n) is 11.1. The number of aryl methyl sites for hydroxylation is 1. The SMILES string of the molecule is COCCOC[C@@H](C(=O)OC)c1ccc(C)cc1. The molecule has 18 heavy (non-hydrogen) atoms. The van der Waals surface area contributed by atoms with Crippen LogP contribution in [-0.2, 0) is 19.0 Å². The summed E-state index contributed by atoms with van der Waals surface area (Å²) >= 11 is 0. The summed E-state index contributed by atoms with van der Waals surface area (Å²) in [6.45, 7) is 3.29. The third kappa shape index (κ3) is 4.47. The second-order valence-corrected chi connectivity index (χ2v) is 4.05. The predicted octanol–water partition coefficient (Wildman–Crippen LogP) is 1.91. The molecule has 0 saturated carbocycles. The number of ether oxygens (including phenoxy) is 3. The third-order valence-electron chi connectivity index (χ3n) is 2.68. The minimum Gasteiger partial charge on any atom is -0.468 e. The molecular formula is C14H20O4.